The van der Waals surface area contributed by atoms with Crippen molar-refractivity contribution in [1.29, 1.82) is 0 Å². The second-order valence-corrected chi connectivity index (χ2v) is 6.98. The summed E-state index contributed by atoms with van der Waals surface area (Å²) in [4.78, 5) is 16.8. The normalized spacial score (nSPS) is 15.1. The summed E-state index contributed by atoms with van der Waals surface area (Å²) in [7, 11) is 0. The largest absolute Gasteiger partial charge is 0.369 e. The summed E-state index contributed by atoms with van der Waals surface area (Å²) in [5.41, 5.74) is 2.55. The van der Waals surface area contributed by atoms with Gasteiger partial charge in [-0.3, -0.25) is 9.69 Å². The maximum absolute atomic E-state index is 13.8. The van der Waals surface area contributed by atoms with E-state index in [0.29, 0.717) is 6.54 Å². The van der Waals surface area contributed by atoms with E-state index in [1.54, 1.807) is 0 Å². The highest BCUT2D eigenvalue weighted by Crippen LogP contribution is 2.18. The van der Waals surface area contributed by atoms with Gasteiger partial charge in [-0.2, -0.15) is 0 Å². The van der Waals surface area contributed by atoms with Crippen LogP contribution < -0.4 is 10.2 Å². The van der Waals surface area contributed by atoms with Crippen molar-refractivity contribution in [3.05, 3.63) is 64.4 Å². The summed E-state index contributed by atoms with van der Waals surface area (Å²) in [5.74, 6) is -1.00. The van der Waals surface area contributed by atoms with E-state index < -0.39 is 11.7 Å². The Hall–Kier alpha value is -2.11. The number of anilines is 1. The first-order chi connectivity index (χ1) is 12.5. The van der Waals surface area contributed by atoms with Gasteiger partial charge in [-0.05, 0) is 42.8 Å². The van der Waals surface area contributed by atoms with Crippen molar-refractivity contribution in [1.82, 2.24) is 10.2 Å². The SMILES string of the molecule is Cc1cccc(N2CCN(CCNC(=O)c3ccc(Cl)cc3F)CC2)c1. The molecule has 0 radical (unpaired) electrons. The molecule has 1 N–H and O–H groups in total. The molecule has 1 amide bonds. The lowest BCUT2D eigenvalue weighted by Gasteiger charge is -2.36. The summed E-state index contributed by atoms with van der Waals surface area (Å²) in [6, 6.07) is 12.6. The van der Waals surface area contributed by atoms with Crippen molar-refractivity contribution >= 4 is 23.2 Å². The van der Waals surface area contributed by atoms with Crippen LogP contribution >= 0.6 is 11.6 Å². The van der Waals surface area contributed by atoms with Crippen molar-refractivity contribution in [2.24, 2.45) is 0 Å². The van der Waals surface area contributed by atoms with Crippen LogP contribution in [0.4, 0.5) is 10.1 Å². The van der Waals surface area contributed by atoms with Crippen molar-refractivity contribution in [3.8, 4) is 0 Å². The standard InChI is InChI=1S/C20H23ClFN3O/c1-15-3-2-4-17(13-15)25-11-9-24(10-12-25)8-7-23-20(26)18-6-5-16(21)14-19(18)22/h2-6,13-14H,7-12H2,1H3,(H,23,26). The molecule has 1 aliphatic rings. The van der Waals surface area contributed by atoms with Gasteiger partial charge in [-0.25, -0.2) is 4.39 Å². The number of piperazine rings is 1. The molecule has 0 bridgehead atoms. The summed E-state index contributed by atoms with van der Waals surface area (Å²) in [6.45, 7) is 7.16. The summed E-state index contributed by atoms with van der Waals surface area (Å²) >= 11 is 5.71. The third-order valence-electron chi connectivity index (χ3n) is 4.63. The maximum atomic E-state index is 13.8. The van der Waals surface area contributed by atoms with Crippen LogP contribution in [0, 0.1) is 12.7 Å². The Balaban J connectivity index is 1.43. The fourth-order valence-electron chi connectivity index (χ4n) is 3.15. The molecule has 0 unspecified atom stereocenters. The molecule has 2 aromatic rings. The number of benzene rings is 2. The molecule has 0 saturated carbocycles. The quantitative estimate of drug-likeness (QED) is 0.870. The molecule has 0 spiro atoms. The summed E-state index contributed by atoms with van der Waals surface area (Å²) in [6.07, 6.45) is 0. The van der Waals surface area contributed by atoms with Gasteiger partial charge < -0.3 is 10.2 Å². The fourth-order valence-corrected chi connectivity index (χ4v) is 3.31. The zero-order chi connectivity index (χ0) is 18.5. The minimum Gasteiger partial charge on any atom is -0.369 e. The number of carbonyl (C=O) groups is 1. The number of amides is 1. The molecule has 0 atom stereocenters. The Morgan fingerprint density at radius 3 is 2.62 bits per heavy atom. The van der Waals surface area contributed by atoms with E-state index in [9.17, 15) is 9.18 Å². The Morgan fingerprint density at radius 2 is 1.92 bits per heavy atom. The molecule has 2 aromatic carbocycles. The van der Waals surface area contributed by atoms with Crippen LogP contribution in [0.15, 0.2) is 42.5 Å². The van der Waals surface area contributed by atoms with E-state index in [1.165, 1.54) is 23.4 Å². The molecule has 3 rings (SSSR count). The number of nitrogens with one attached hydrogen (secondary N) is 1. The Bertz CT molecular complexity index is 775. The first-order valence-corrected chi connectivity index (χ1v) is 9.18. The Morgan fingerprint density at radius 1 is 1.15 bits per heavy atom. The number of hydrogen-bond donors (Lipinski definition) is 1. The van der Waals surface area contributed by atoms with E-state index in [0.717, 1.165) is 38.8 Å². The van der Waals surface area contributed by atoms with Crippen molar-refractivity contribution in [2.75, 3.05) is 44.2 Å². The molecule has 4 nitrogen and oxygen atoms in total. The zero-order valence-electron chi connectivity index (χ0n) is 14.8. The lowest BCUT2D eigenvalue weighted by atomic mass is 10.2. The third kappa shape index (κ3) is 4.74. The Kier molecular flexibility index (Phi) is 6.12. The Labute approximate surface area is 158 Å². The lowest BCUT2D eigenvalue weighted by Crippen LogP contribution is -2.48. The molecule has 26 heavy (non-hydrogen) atoms. The minimum atomic E-state index is -0.596. The molecular weight excluding hydrogens is 353 g/mol. The topological polar surface area (TPSA) is 35.6 Å². The number of rotatable bonds is 5. The van der Waals surface area contributed by atoms with E-state index in [-0.39, 0.29) is 10.6 Å². The molecule has 1 fully saturated rings. The summed E-state index contributed by atoms with van der Waals surface area (Å²) in [5, 5.41) is 3.06. The predicted octanol–water partition coefficient (Wildman–Crippen LogP) is 3.34. The van der Waals surface area contributed by atoms with Crippen LogP contribution in [0.2, 0.25) is 5.02 Å². The predicted molar refractivity (Wildman–Crippen MR) is 104 cm³/mol. The van der Waals surface area contributed by atoms with Gasteiger partial charge in [0.25, 0.3) is 5.91 Å². The summed E-state index contributed by atoms with van der Waals surface area (Å²) < 4.78 is 13.8. The van der Waals surface area contributed by atoms with E-state index in [4.69, 9.17) is 11.6 Å². The van der Waals surface area contributed by atoms with E-state index in [2.05, 4.69) is 46.3 Å². The zero-order valence-corrected chi connectivity index (χ0v) is 15.6. The highest BCUT2D eigenvalue weighted by Gasteiger charge is 2.17. The van der Waals surface area contributed by atoms with Crippen LogP contribution in [-0.4, -0.2) is 50.1 Å². The number of halogens is 2. The molecule has 138 valence electrons. The van der Waals surface area contributed by atoms with Gasteiger partial charge in [0.05, 0.1) is 5.56 Å². The average molecular weight is 376 g/mol. The fraction of sp³-hybridized carbons (Fsp3) is 0.350. The second-order valence-electron chi connectivity index (χ2n) is 6.55. The number of carbonyl (C=O) groups excluding carboxylic acids is 1. The van der Waals surface area contributed by atoms with Gasteiger partial charge in [-0.15, -0.1) is 0 Å². The molecule has 0 aromatic heterocycles. The van der Waals surface area contributed by atoms with Crippen molar-refractivity contribution in [2.45, 2.75) is 6.92 Å². The van der Waals surface area contributed by atoms with Gasteiger partial charge >= 0.3 is 0 Å². The van der Waals surface area contributed by atoms with E-state index >= 15 is 0 Å². The van der Waals surface area contributed by atoms with Crippen LogP contribution in [-0.2, 0) is 0 Å². The number of aryl methyl sites for hydroxylation is 1. The van der Waals surface area contributed by atoms with Crippen molar-refractivity contribution in [3.63, 3.8) is 0 Å². The number of hydrogen-bond acceptors (Lipinski definition) is 3. The minimum absolute atomic E-state index is 0.0265. The van der Waals surface area contributed by atoms with Crippen LogP contribution in [0.3, 0.4) is 0 Å². The average Bonchev–Trinajstić information content (AvgIpc) is 2.62. The van der Waals surface area contributed by atoms with Crippen LogP contribution in [0.1, 0.15) is 15.9 Å². The highest BCUT2D eigenvalue weighted by atomic mass is 35.5. The van der Waals surface area contributed by atoms with Crippen molar-refractivity contribution < 1.29 is 9.18 Å². The first kappa shape index (κ1) is 18.7. The first-order valence-electron chi connectivity index (χ1n) is 8.80. The smallest absolute Gasteiger partial charge is 0.254 e. The monoisotopic (exact) mass is 375 g/mol. The molecule has 6 heteroatoms. The molecule has 0 aliphatic carbocycles. The molecular formula is C20H23ClFN3O. The van der Waals surface area contributed by atoms with Gasteiger partial charge in [0.15, 0.2) is 0 Å². The van der Waals surface area contributed by atoms with E-state index in [1.807, 2.05) is 0 Å². The van der Waals surface area contributed by atoms with Crippen LogP contribution in [0.5, 0.6) is 0 Å². The van der Waals surface area contributed by atoms with Gasteiger partial charge in [0.1, 0.15) is 5.82 Å². The molecule has 1 heterocycles. The third-order valence-corrected chi connectivity index (χ3v) is 4.86. The van der Waals surface area contributed by atoms with Gasteiger partial charge in [0.2, 0.25) is 0 Å². The molecule has 1 saturated heterocycles. The van der Waals surface area contributed by atoms with Crippen LogP contribution in [0.25, 0.3) is 0 Å². The lowest BCUT2D eigenvalue weighted by molar-refractivity contribution is 0.0944. The highest BCUT2D eigenvalue weighted by molar-refractivity contribution is 6.30. The number of nitrogens with zero attached hydrogens (tertiary/aromatic N) is 2. The molecule has 1 aliphatic heterocycles. The second kappa shape index (κ2) is 8.52. The van der Waals surface area contributed by atoms with Gasteiger partial charge in [0, 0.05) is 50.0 Å². The maximum Gasteiger partial charge on any atom is 0.254 e. The van der Waals surface area contributed by atoms with Gasteiger partial charge in [-0.1, -0.05) is 23.7 Å².